The van der Waals surface area contributed by atoms with Gasteiger partial charge in [0.05, 0.1) is 6.61 Å². The molecule has 0 saturated carbocycles. The molecule has 0 aliphatic carbocycles. The molecule has 0 fully saturated rings. The standard InChI is InChI=1S/C9H13NO3/c1-2-4-13-5-3-7-6-8(11)10-9(7)12/h6H,2-5H2,1H3,(H,10,11,12). The van der Waals surface area contributed by atoms with Crippen molar-refractivity contribution in [1.82, 2.24) is 5.32 Å². The van der Waals surface area contributed by atoms with E-state index in [2.05, 4.69) is 5.32 Å². The fourth-order valence-corrected chi connectivity index (χ4v) is 1.07. The number of carbonyl (C=O) groups excluding carboxylic acids is 2. The van der Waals surface area contributed by atoms with Gasteiger partial charge in [-0.25, -0.2) is 0 Å². The van der Waals surface area contributed by atoms with Gasteiger partial charge in [0.15, 0.2) is 0 Å². The molecule has 0 aromatic heterocycles. The third kappa shape index (κ3) is 2.99. The molecule has 1 aliphatic heterocycles. The molecule has 0 bridgehead atoms. The lowest BCUT2D eigenvalue weighted by Crippen LogP contribution is -2.22. The first-order valence-electron chi connectivity index (χ1n) is 4.37. The summed E-state index contributed by atoms with van der Waals surface area (Å²) in [7, 11) is 0. The lowest BCUT2D eigenvalue weighted by Gasteiger charge is -2.01. The van der Waals surface area contributed by atoms with Gasteiger partial charge in [-0.1, -0.05) is 6.92 Å². The van der Waals surface area contributed by atoms with Crippen LogP contribution in [-0.4, -0.2) is 25.0 Å². The maximum Gasteiger partial charge on any atom is 0.254 e. The number of nitrogens with one attached hydrogen (secondary N) is 1. The van der Waals surface area contributed by atoms with Crippen LogP contribution >= 0.6 is 0 Å². The Bertz CT molecular complexity index is 245. The van der Waals surface area contributed by atoms with Gasteiger partial charge in [0.2, 0.25) is 0 Å². The molecule has 1 aliphatic rings. The zero-order valence-corrected chi connectivity index (χ0v) is 7.63. The quantitative estimate of drug-likeness (QED) is 0.495. The van der Waals surface area contributed by atoms with Crippen molar-refractivity contribution in [3.05, 3.63) is 11.6 Å². The highest BCUT2D eigenvalue weighted by Gasteiger charge is 2.19. The Balaban J connectivity index is 2.25. The van der Waals surface area contributed by atoms with Gasteiger partial charge in [0, 0.05) is 24.7 Å². The molecule has 2 amide bonds. The van der Waals surface area contributed by atoms with Crippen molar-refractivity contribution in [2.75, 3.05) is 13.2 Å². The summed E-state index contributed by atoms with van der Waals surface area (Å²) in [6.45, 7) is 3.22. The fourth-order valence-electron chi connectivity index (χ4n) is 1.07. The van der Waals surface area contributed by atoms with Crippen LogP contribution in [0, 0.1) is 0 Å². The van der Waals surface area contributed by atoms with Crippen molar-refractivity contribution in [3.8, 4) is 0 Å². The molecule has 13 heavy (non-hydrogen) atoms. The van der Waals surface area contributed by atoms with Crippen LogP contribution in [0.25, 0.3) is 0 Å². The maximum absolute atomic E-state index is 11.0. The first-order chi connectivity index (χ1) is 6.24. The largest absolute Gasteiger partial charge is 0.381 e. The van der Waals surface area contributed by atoms with Crippen LogP contribution in [0.4, 0.5) is 0 Å². The Kier molecular flexibility index (Phi) is 3.64. The average Bonchev–Trinajstić information content (AvgIpc) is 2.39. The van der Waals surface area contributed by atoms with Crippen LogP contribution < -0.4 is 5.32 Å². The lowest BCUT2D eigenvalue weighted by atomic mass is 10.2. The molecule has 1 heterocycles. The topological polar surface area (TPSA) is 55.4 Å². The maximum atomic E-state index is 11.0. The Morgan fingerprint density at radius 1 is 1.38 bits per heavy atom. The van der Waals surface area contributed by atoms with Crippen molar-refractivity contribution < 1.29 is 14.3 Å². The van der Waals surface area contributed by atoms with Gasteiger partial charge in [-0.05, 0) is 6.42 Å². The van der Waals surface area contributed by atoms with E-state index >= 15 is 0 Å². The fraction of sp³-hybridized carbons (Fsp3) is 0.556. The highest BCUT2D eigenvalue weighted by molar-refractivity contribution is 6.16. The molecule has 0 unspecified atom stereocenters. The molecule has 72 valence electrons. The summed E-state index contributed by atoms with van der Waals surface area (Å²) in [5.74, 6) is -0.611. The molecule has 0 spiro atoms. The average molecular weight is 183 g/mol. The van der Waals surface area contributed by atoms with E-state index in [4.69, 9.17) is 4.74 Å². The summed E-state index contributed by atoms with van der Waals surface area (Å²) in [6, 6.07) is 0. The number of carbonyl (C=O) groups is 2. The zero-order valence-electron chi connectivity index (χ0n) is 7.63. The SMILES string of the molecule is CCCOCCC1=CC(=O)NC1=O. The zero-order chi connectivity index (χ0) is 9.68. The molecule has 0 saturated heterocycles. The van der Waals surface area contributed by atoms with Gasteiger partial charge in [-0.2, -0.15) is 0 Å². The van der Waals surface area contributed by atoms with Crippen LogP contribution in [0.3, 0.4) is 0 Å². The Morgan fingerprint density at radius 2 is 2.15 bits per heavy atom. The minimum absolute atomic E-state index is 0.287. The van der Waals surface area contributed by atoms with Crippen molar-refractivity contribution in [2.45, 2.75) is 19.8 Å². The summed E-state index contributed by atoms with van der Waals surface area (Å²) >= 11 is 0. The predicted molar refractivity (Wildman–Crippen MR) is 47.0 cm³/mol. The van der Waals surface area contributed by atoms with Crippen LogP contribution in [0.1, 0.15) is 19.8 Å². The van der Waals surface area contributed by atoms with E-state index < -0.39 is 0 Å². The van der Waals surface area contributed by atoms with Crippen molar-refractivity contribution in [1.29, 1.82) is 0 Å². The Morgan fingerprint density at radius 3 is 2.69 bits per heavy atom. The molecule has 4 nitrogen and oxygen atoms in total. The van der Waals surface area contributed by atoms with E-state index in [0.29, 0.717) is 25.2 Å². The van der Waals surface area contributed by atoms with Gasteiger partial charge >= 0.3 is 0 Å². The molecule has 1 rings (SSSR count). The number of ether oxygens (including phenoxy) is 1. The van der Waals surface area contributed by atoms with Gasteiger partial charge in [-0.15, -0.1) is 0 Å². The molecule has 0 radical (unpaired) electrons. The van der Waals surface area contributed by atoms with Crippen LogP contribution in [0.2, 0.25) is 0 Å². The number of imide groups is 1. The predicted octanol–water partition coefficient (Wildman–Crippen LogP) is 0.386. The molecule has 4 heteroatoms. The summed E-state index contributed by atoms with van der Waals surface area (Å²) < 4.78 is 5.20. The summed E-state index contributed by atoms with van der Waals surface area (Å²) in [5.41, 5.74) is 0.515. The van der Waals surface area contributed by atoms with Gasteiger partial charge < -0.3 is 4.74 Å². The minimum atomic E-state index is -0.324. The van der Waals surface area contributed by atoms with E-state index in [0.717, 1.165) is 6.42 Å². The van der Waals surface area contributed by atoms with Crippen LogP contribution in [-0.2, 0) is 14.3 Å². The first-order valence-corrected chi connectivity index (χ1v) is 4.37. The van der Waals surface area contributed by atoms with Gasteiger partial charge in [0.25, 0.3) is 11.8 Å². The number of hydrogen-bond donors (Lipinski definition) is 1. The summed E-state index contributed by atoms with van der Waals surface area (Å²) in [4.78, 5) is 21.7. The van der Waals surface area contributed by atoms with E-state index in [-0.39, 0.29) is 11.8 Å². The Labute approximate surface area is 76.9 Å². The van der Waals surface area contributed by atoms with Crippen LogP contribution in [0.5, 0.6) is 0 Å². The van der Waals surface area contributed by atoms with Gasteiger partial charge in [-0.3, -0.25) is 14.9 Å². The summed E-state index contributed by atoms with van der Waals surface area (Å²) in [5, 5.41) is 2.18. The molecular weight excluding hydrogens is 170 g/mol. The lowest BCUT2D eigenvalue weighted by molar-refractivity contribution is -0.123. The monoisotopic (exact) mass is 183 g/mol. The van der Waals surface area contributed by atoms with E-state index in [1.165, 1.54) is 6.08 Å². The second kappa shape index (κ2) is 4.77. The molecule has 0 aromatic carbocycles. The molecular formula is C9H13NO3. The molecule has 1 N–H and O–H groups in total. The van der Waals surface area contributed by atoms with Gasteiger partial charge in [0.1, 0.15) is 0 Å². The smallest absolute Gasteiger partial charge is 0.254 e. The van der Waals surface area contributed by atoms with E-state index in [9.17, 15) is 9.59 Å². The highest BCUT2D eigenvalue weighted by atomic mass is 16.5. The van der Waals surface area contributed by atoms with Crippen molar-refractivity contribution in [2.24, 2.45) is 0 Å². The summed E-state index contributed by atoms with van der Waals surface area (Å²) in [6.07, 6.45) is 2.80. The third-order valence-corrected chi connectivity index (χ3v) is 1.70. The van der Waals surface area contributed by atoms with Crippen molar-refractivity contribution >= 4 is 11.8 Å². The van der Waals surface area contributed by atoms with Crippen molar-refractivity contribution in [3.63, 3.8) is 0 Å². The Hall–Kier alpha value is -1.16. The highest BCUT2D eigenvalue weighted by Crippen LogP contribution is 2.06. The second-order valence-corrected chi connectivity index (χ2v) is 2.85. The number of amides is 2. The van der Waals surface area contributed by atoms with E-state index in [1.807, 2.05) is 6.92 Å². The van der Waals surface area contributed by atoms with Crippen LogP contribution in [0.15, 0.2) is 11.6 Å². The normalized spacial score (nSPS) is 15.9. The molecule has 0 aromatic rings. The second-order valence-electron chi connectivity index (χ2n) is 2.85. The molecule has 0 atom stereocenters. The number of hydrogen-bond acceptors (Lipinski definition) is 3. The number of rotatable bonds is 5. The minimum Gasteiger partial charge on any atom is -0.381 e. The first kappa shape index (κ1) is 9.92. The van der Waals surface area contributed by atoms with E-state index in [1.54, 1.807) is 0 Å². The third-order valence-electron chi connectivity index (χ3n) is 1.70.